The van der Waals surface area contributed by atoms with Crippen LogP contribution >= 0.6 is 11.3 Å². The zero-order chi connectivity index (χ0) is 21.3. The number of hydrogen-bond donors (Lipinski definition) is 0. The maximum Gasteiger partial charge on any atom is 0.254 e. The van der Waals surface area contributed by atoms with Crippen molar-refractivity contribution in [3.8, 4) is 0 Å². The van der Waals surface area contributed by atoms with Crippen LogP contribution in [0.4, 0.5) is 5.69 Å². The summed E-state index contributed by atoms with van der Waals surface area (Å²) in [5.74, 6) is -0.164. The van der Waals surface area contributed by atoms with Crippen LogP contribution in [-0.2, 0) is 4.79 Å². The number of anilines is 1. The van der Waals surface area contributed by atoms with Crippen molar-refractivity contribution in [2.75, 3.05) is 18.5 Å². The molecule has 1 aliphatic heterocycles. The van der Waals surface area contributed by atoms with Crippen molar-refractivity contribution in [3.05, 3.63) is 88.1 Å². The van der Waals surface area contributed by atoms with Gasteiger partial charge in [0, 0.05) is 29.7 Å². The van der Waals surface area contributed by atoms with Gasteiger partial charge in [0.25, 0.3) is 5.91 Å². The zero-order valence-corrected chi connectivity index (χ0v) is 18.3. The lowest BCUT2D eigenvalue weighted by Crippen LogP contribution is -2.48. The molecule has 0 radical (unpaired) electrons. The van der Waals surface area contributed by atoms with Crippen LogP contribution in [0.25, 0.3) is 0 Å². The van der Waals surface area contributed by atoms with Gasteiger partial charge in [0.1, 0.15) is 0 Å². The van der Waals surface area contributed by atoms with Crippen LogP contribution in [0.2, 0.25) is 0 Å². The molecular weight excluding hydrogens is 392 g/mol. The molecule has 3 aromatic rings. The first-order valence-corrected chi connectivity index (χ1v) is 11.1. The first-order chi connectivity index (χ1) is 14.5. The van der Waals surface area contributed by atoms with Crippen LogP contribution in [0.5, 0.6) is 0 Å². The third kappa shape index (κ3) is 3.65. The molecule has 2 heterocycles. The molecule has 0 unspecified atom stereocenters. The number of fused-ring (bicyclic) bond motifs is 1. The van der Waals surface area contributed by atoms with E-state index in [1.807, 2.05) is 84.1 Å². The Labute approximate surface area is 181 Å². The summed E-state index contributed by atoms with van der Waals surface area (Å²) in [6.45, 7) is 4.81. The van der Waals surface area contributed by atoms with Crippen LogP contribution < -0.4 is 4.90 Å². The average molecular weight is 419 g/mol. The zero-order valence-electron chi connectivity index (χ0n) is 17.5. The van der Waals surface area contributed by atoms with Gasteiger partial charge in [-0.15, -0.1) is 11.3 Å². The Bertz CT molecular complexity index is 1030. The van der Waals surface area contributed by atoms with Crippen molar-refractivity contribution < 1.29 is 9.59 Å². The lowest BCUT2D eigenvalue weighted by molar-refractivity contribution is -0.121. The predicted octanol–water partition coefficient (Wildman–Crippen LogP) is 5.35. The minimum Gasteiger partial charge on any atom is -0.329 e. The SMILES string of the molecule is CC(C)CN1C(=O)c2ccccc2[C@@H](C(=O)N(C)c2ccccc2)[C@H]1c1cccs1. The van der Waals surface area contributed by atoms with E-state index in [9.17, 15) is 9.59 Å². The van der Waals surface area contributed by atoms with E-state index in [2.05, 4.69) is 13.8 Å². The molecule has 2 amide bonds. The lowest BCUT2D eigenvalue weighted by Gasteiger charge is -2.43. The highest BCUT2D eigenvalue weighted by molar-refractivity contribution is 7.10. The maximum atomic E-state index is 13.9. The fraction of sp³-hybridized carbons (Fsp3) is 0.280. The molecule has 4 nitrogen and oxygen atoms in total. The number of carbonyl (C=O) groups excluding carboxylic acids is 2. The molecule has 0 spiro atoms. The standard InChI is InChI=1S/C25H26N2O2S/c1-17(2)16-27-23(21-14-9-15-30-21)22(19-12-7-8-13-20(19)24(27)28)25(29)26(3)18-10-5-4-6-11-18/h4-15,17,22-23H,16H2,1-3H3/t22-,23-/m1/s1. The van der Waals surface area contributed by atoms with Crippen molar-refractivity contribution in [2.24, 2.45) is 5.92 Å². The number of thiophene rings is 1. The quantitative estimate of drug-likeness (QED) is 0.561. The molecule has 30 heavy (non-hydrogen) atoms. The highest BCUT2D eigenvalue weighted by atomic mass is 32.1. The first kappa shape index (κ1) is 20.4. The number of likely N-dealkylation sites (N-methyl/N-ethyl adjacent to an activating group) is 1. The second-order valence-corrected chi connectivity index (χ2v) is 9.09. The highest BCUT2D eigenvalue weighted by Gasteiger charge is 2.45. The van der Waals surface area contributed by atoms with Crippen molar-refractivity contribution in [1.29, 1.82) is 0 Å². The highest BCUT2D eigenvalue weighted by Crippen LogP contribution is 2.45. The van der Waals surface area contributed by atoms with Crippen molar-refractivity contribution in [3.63, 3.8) is 0 Å². The topological polar surface area (TPSA) is 40.6 Å². The van der Waals surface area contributed by atoms with Crippen LogP contribution in [0.3, 0.4) is 0 Å². The third-order valence-electron chi connectivity index (χ3n) is 5.58. The van der Waals surface area contributed by atoms with Crippen LogP contribution in [0.1, 0.15) is 46.6 Å². The molecule has 0 saturated heterocycles. The number of carbonyl (C=O) groups is 2. The number of hydrogen-bond acceptors (Lipinski definition) is 3. The molecule has 5 heteroatoms. The average Bonchev–Trinajstić information content (AvgIpc) is 3.29. The second-order valence-electron chi connectivity index (χ2n) is 8.11. The fourth-order valence-corrected chi connectivity index (χ4v) is 5.09. The summed E-state index contributed by atoms with van der Waals surface area (Å²) in [5, 5.41) is 2.01. The van der Waals surface area contributed by atoms with Gasteiger partial charge in [-0.25, -0.2) is 0 Å². The summed E-state index contributed by atoms with van der Waals surface area (Å²) in [6, 6.07) is 20.9. The maximum absolute atomic E-state index is 13.9. The molecule has 0 N–H and O–H groups in total. The van der Waals surface area contributed by atoms with E-state index < -0.39 is 5.92 Å². The largest absolute Gasteiger partial charge is 0.329 e. The Morgan fingerprint density at radius 1 is 1.03 bits per heavy atom. The smallest absolute Gasteiger partial charge is 0.254 e. The van der Waals surface area contributed by atoms with Gasteiger partial charge < -0.3 is 9.80 Å². The Kier molecular flexibility index (Phi) is 5.73. The van der Waals surface area contributed by atoms with E-state index in [0.29, 0.717) is 18.0 Å². The minimum absolute atomic E-state index is 0.00381. The molecular formula is C25H26N2O2S. The Hall–Kier alpha value is -2.92. The van der Waals surface area contributed by atoms with E-state index in [1.54, 1.807) is 16.2 Å². The minimum atomic E-state index is -0.457. The van der Waals surface area contributed by atoms with E-state index in [1.165, 1.54) is 0 Å². The van der Waals surface area contributed by atoms with Crippen LogP contribution in [0.15, 0.2) is 72.1 Å². The molecule has 0 aliphatic carbocycles. The first-order valence-electron chi connectivity index (χ1n) is 10.2. The number of rotatable bonds is 5. The van der Waals surface area contributed by atoms with Gasteiger partial charge in [-0.05, 0) is 41.1 Å². The summed E-state index contributed by atoms with van der Waals surface area (Å²) < 4.78 is 0. The molecule has 154 valence electrons. The van der Waals surface area contributed by atoms with E-state index in [-0.39, 0.29) is 17.9 Å². The summed E-state index contributed by atoms with van der Waals surface area (Å²) in [7, 11) is 1.81. The van der Waals surface area contributed by atoms with Gasteiger partial charge in [-0.2, -0.15) is 0 Å². The number of nitrogens with zero attached hydrogens (tertiary/aromatic N) is 2. The lowest BCUT2D eigenvalue weighted by atomic mass is 9.80. The van der Waals surface area contributed by atoms with Gasteiger partial charge in [0.2, 0.25) is 5.91 Å². The van der Waals surface area contributed by atoms with E-state index in [4.69, 9.17) is 0 Å². The monoisotopic (exact) mass is 418 g/mol. The molecule has 0 fully saturated rings. The molecule has 1 aromatic heterocycles. The molecule has 2 atom stereocenters. The normalized spacial score (nSPS) is 18.4. The Morgan fingerprint density at radius 2 is 1.73 bits per heavy atom. The van der Waals surface area contributed by atoms with Gasteiger partial charge in [-0.3, -0.25) is 9.59 Å². The summed E-state index contributed by atoms with van der Waals surface area (Å²) >= 11 is 1.60. The van der Waals surface area contributed by atoms with Gasteiger partial charge in [0.05, 0.1) is 12.0 Å². The van der Waals surface area contributed by atoms with Crippen LogP contribution in [0, 0.1) is 5.92 Å². The second kappa shape index (κ2) is 8.44. The Morgan fingerprint density at radius 3 is 2.40 bits per heavy atom. The molecule has 4 rings (SSSR count). The molecule has 0 bridgehead atoms. The summed E-state index contributed by atoms with van der Waals surface area (Å²) in [6.07, 6.45) is 0. The molecule has 0 saturated carbocycles. The van der Waals surface area contributed by atoms with Gasteiger partial charge >= 0.3 is 0 Å². The fourth-order valence-electron chi connectivity index (χ4n) is 4.22. The van der Waals surface area contributed by atoms with Gasteiger partial charge in [-0.1, -0.05) is 56.3 Å². The van der Waals surface area contributed by atoms with Crippen molar-refractivity contribution in [2.45, 2.75) is 25.8 Å². The summed E-state index contributed by atoms with van der Waals surface area (Å²) in [4.78, 5) is 32.0. The Balaban J connectivity index is 1.86. The summed E-state index contributed by atoms with van der Waals surface area (Å²) in [5.41, 5.74) is 2.29. The van der Waals surface area contributed by atoms with Crippen LogP contribution in [-0.4, -0.2) is 30.3 Å². The van der Waals surface area contributed by atoms with Crippen molar-refractivity contribution in [1.82, 2.24) is 4.90 Å². The third-order valence-corrected chi connectivity index (χ3v) is 6.52. The van der Waals surface area contributed by atoms with E-state index in [0.717, 1.165) is 16.1 Å². The van der Waals surface area contributed by atoms with Crippen molar-refractivity contribution >= 4 is 28.8 Å². The number of para-hydroxylation sites is 1. The van der Waals surface area contributed by atoms with Gasteiger partial charge in [0.15, 0.2) is 0 Å². The molecule has 2 aromatic carbocycles. The van der Waals surface area contributed by atoms with E-state index >= 15 is 0 Å². The number of amides is 2. The molecule has 1 aliphatic rings. The number of benzene rings is 2. The predicted molar refractivity (Wildman–Crippen MR) is 122 cm³/mol.